The van der Waals surface area contributed by atoms with E-state index in [2.05, 4.69) is 10.4 Å². The molecule has 0 aliphatic rings. The summed E-state index contributed by atoms with van der Waals surface area (Å²) < 4.78 is 7.40. The molecule has 0 bridgehead atoms. The Hall–Kier alpha value is -1.85. The second-order valence-corrected chi connectivity index (χ2v) is 5.41. The quantitative estimate of drug-likeness (QED) is 0.819. The molecule has 0 amide bonds. The Morgan fingerprint density at radius 2 is 2.19 bits per heavy atom. The first-order valence-corrected chi connectivity index (χ1v) is 7.17. The summed E-state index contributed by atoms with van der Waals surface area (Å²) in [7, 11) is 1.89. The third-order valence-corrected chi connectivity index (χ3v) is 3.04. The number of nitrogens with one attached hydrogen (secondary N) is 1. The lowest BCUT2D eigenvalue weighted by Crippen LogP contribution is -2.21. The van der Waals surface area contributed by atoms with Gasteiger partial charge < -0.3 is 15.2 Å². The van der Waals surface area contributed by atoms with Crippen LogP contribution in [0.2, 0.25) is 0 Å². The van der Waals surface area contributed by atoms with Gasteiger partial charge in [-0.3, -0.25) is 4.68 Å². The zero-order valence-corrected chi connectivity index (χ0v) is 12.8. The highest BCUT2D eigenvalue weighted by Gasteiger charge is 2.09. The van der Waals surface area contributed by atoms with Crippen molar-refractivity contribution >= 4 is 0 Å². The highest BCUT2D eigenvalue weighted by atomic mass is 16.5. The predicted molar refractivity (Wildman–Crippen MR) is 82.1 cm³/mol. The molecule has 0 fully saturated rings. The maximum Gasteiger partial charge on any atom is 0.120 e. The Morgan fingerprint density at radius 3 is 2.86 bits per heavy atom. The van der Waals surface area contributed by atoms with Gasteiger partial charge in [-0.1, -0.05) is 12.1 Å². The maximum absolute atomic E-state index is 10.2. The van der Waals surface area contributed by atoms with Crippen molar-refractivity contribution in [2.75, 3.05) is 6.54 Å². The Kier molecular flexibility index (Phi) is 5.36. The van der Waals surface area contributed by atoms with E-state index in [1.807, 2.05) is 57.6 Å². The largest absolute Gasteiger partial charge is 0.491 e. The molecule has 0 aliphatic heterocycles. The minimum atomic E-state index is -0.558. The molecule has 5 heteroatoms. The third-order valence-electron chi connectivity index (χ3n) is 3.04. The van der Waals surface area contributed by atoms with Crippen molar-refractivity contribution in [1.29, 1.82) is 0 Å². The molecule has 1 unspecified atom stereocenters. The number of aliphatic hydroxyl groups is 1. The van der Waals surface area contributed by atoms with Gasteiger partial charge >= 0.3 is 0 Å². The molecular formula is C16H23N3O2. The summed E-state index contributed by atoms with van der Waals surface area (Å²) >= 11 is 0. The van der Waals surface area contributed by atoms with Crippen LogP contribution in [0.3, 0.4) is 0 Å². The average Bonchev–Trinajstić information content (AvgIpc) is 2.84. The number of ether oxygens (including phenoxy) is 1. The smallest absolute Gasteiger partial charge is 0.120 e. The first-order chi connectivity index (χ1) is 10.0. The van der Waals surface area contributed by atoms with Crippen LogP contribution in [0.15, 0.2) is 36.7 Å². The van der Waals surface area contributed by atoms with E-state index in [1.165, 1.54) is 0 Å². The summed E-state index contributed by atoms with van der Waals surface area (Å²) in [5, 5.41) is 17.6. The fourth-order valence-electron chi connectivity index (χ4n) is 2.10. The number of rotatable bonds is 7. The number of aryl methyl sites for hydroxylation is 1. The van der Waals surface area contributed by atoms with Crippen molar-refractivity contribution in [2.45, 2.75) is 32.6 Å². The lowest BCUT2D eigenvalue weighted by Gasteiger charge is -2.15. The van der Waals surface area contributed by atoms with Gasteiger partial charge in [-0.2, -0.15) is 5.10 Å². The molecule has 0 radical (unpaired) electrons. The molecule has 1 aromatic carbocycles. The minimum Gasteiger partial charge on any atom is -0.491 e. The van der Waals surface area contributed by atoms with E-state index in [4.69, 9.17) is 4.74 Å². The highest BCUT2D eigenvalue weighted by molar-refractivity contribution is 5.30. The van der Waals surface area contributed by atoms with Crippen LogP contribution in [0.25, 0.3) is 0 Å². The predicted octanol–water partition coefficient (Wildman–Crippen LogP) is 2.03. The molecule has 2 N–H and O–H groups in total. The minimum absolute atomic E-state index is 0.126. The molecule has 5 nitrogen and oxygen atoms in total. The number of hydrogen-bond donors (Lipinski definition) is 2. The van der Waals surface area contributed by atoms with Crippen molar-refractivity contribution in [1.82, 2.24) is 15.1 Å². The Labute approximate surface area is 125 Å². The molecule has 0 spiro atoms. The summed E-state index contributed by atoms with van der Waals surface area (Å²) in [6, 6.07) is 7.59. The van der Waals surface area contributed by atoms with Crippen molar-refractivity contribution in [3.63, 3.8) is 0 Å². The van der Waals surface area contributed by atoms with Crippen LogP contribution in [0.5, 0.6) is 5.75 Å². The zero-order valence-electron chi connectivity index (χ0n) is 12.8. The third kappa shape index (κ3) is 4.88. The van der Waals surface area contributed by atoms with E-state index in [9.17, 15) is 5.11 Å². The maximum atomic E-state index is 10.2. The van der Waals surface area contributed by atoms with Crippen LogP contribution in [-0.2, 0) is 13.6 Å². The van der Waals surface area contributed by atoms with Crippen LogP contribution >= 0.6 is 0 Å². The van der Waals surface area contributed by atoms with E-state index in [0.29, 0.717) is 13.1 Å². The number of nitrogens with zero attached hydrogens (tertiary/aromatic N) is 2. The van der Waals surface area contributed by atoms with Gasteiger partial charge in [0.05, 0.1) is 18.4 Å². The van der Waals surface area contributed by atoms with Gasteiger partial charge in [0, 0.05) is 31.9 Å². The van der Waals surface area contributed by atoms with E-state index >= 15 is 0 Å². The number of aliphatic hydroxyl groups excluding tert-OH is 1. The molecule has 0 saturated carbocycles. The average molecular weight is 289 g/mol. The zero-order chi connectivity index (χ0) is 15.2. The van der Waals surface area contributed by atoms with E-state index < -0.39 is 6.10 Å². The van der Waals surface area contributed by atoms with Crippen molar-refractivity contribution in [3.8, 4) is 5.75 Å². The molecule has 114 valence electrons. The molecule has 1 heterocycles. The second-order valence-electron chi connectivity index (χ2n) is 5.41. The molecule has 2 aromatic rings. The highest BCUT2D eigenvalue weighted by Crippen LogP contribution is 2.20. The number of benzene rings is 1. The summed E-state index contributed by atoms with van der Waals surface area (Å²) in [5.74, 6) is 0.786. The standard InChI is InChI=1S/C16H23N3O2/c1-12(2)21-15-6-4-5-14(7-15)16(20)10-17-8-13-9-18-19(3)11-13/h4-7,9,11-12,16-17,20H,8,10H2,1-3H3. The van der Waals surface area contributed by atoms with Gasteiger partial charge in [0.2, 0.25) is 0 Å². The van der Waals surface area contributed by atoms with E-state index in [-0.39, 0.29) is 6.10 Å². The Balaban J connectivity index is 1.86. The van der Waals surface area contributed by atoms with Gasteiger partial charge in [-0.05, 0) is 31.5 Å². The number of aromatic nitrogens is 2. The Morgan fingerprint density at radius 1 is 1.38 bits per heavy atom. The first-order valence-electron chi connectivity index (χ1n) is 7.17. The fourth-order valence-corrected chi connectivity index (χ4v) is 2.10. The van der Waals surface area contributed by atoms with E-state index in [1.54, 1.807) is 4.68 Å². The van der Waals surface area contributed by atoms with Gasteiger partial charge in [0.15, 0.2) is 0 Å². The van der Waals surface area contributed by atoms with Crippen LogP contribution in [0.4, 0.5) is 0 Å². The fraction of sp³-hybridized carbons (Fsp3) is 0.438. The second kappa shape index (κ2) is 7.24. The van der Waals surface area contributed by atoms with Crippen molar-refractivity contribution in [2.24, 2.45) is 7.05 Å². The van der Waals surface area contributed by atoms with Crippen molar-refractivity contribution in [3.05, 3.63) is 47.8 Å². The number of hydrogen-bond acceptors (Lipinski definition) is 4. The van der Waals surface area contributed by atoms with Crippen molar-refractivity contribution < 1.29 is 9.84 Å². The lowest BCUT2D eigenvalue weighted by molar-refractivity contribution is 0.173. The summed E-state index contributed by atoms with van der Waals surface area (Å²) in [6.07, 6.45) is 3.34. The van der Waals surface area contributed by atoms with Gasteiger partial charge in [-0.15, -0.1) is 0 Å². The molecule has 1 aromatic heterocycles. The van der Waals surface area contributed by atoms with Crippen LogP contribution in [-0.4, -0.2) is 27.5 Å². The van der Waals surface area contributed by atoms with Crippen LogP contribution in [0.1, 0.15) is 31.1 Å². The topological polar surface area (TPSA) is 59.3 Å². The van der Waals surface area contributed by atoms with Gasteiger partial charge in [-0.25, -0.2) is 0 Å². The molecule has 1 atom stereocenters. The lowest BCUT2D eigenvalue weighted by atomic mass is 10.1. The molecule has 0 aliphatic carbocycles. The van der Waals surface area contributed by atoms with Gasteiger partial charge in [0.25, 0.3) is 0 Å². The summed E-state index contributed by atoms with van der Waals surface area (Å²) in [6.45, 7) is 5.14. The van der Waals surface area contributed by atoms with Gasteiger partial charge in [0.1, 0.15) is 5.75 Å². The monoisotopic (exact) mass is 289 g/mol. The summed E-state index contributed by atoms with van der Waals surface area (Å²) in [4.78, 5) is 0. The Bertz CT molecular complexity index is 566. The SMILES string of the molecule is CC(C)Oc1cccc(C(O)CNCc2cnn(C)c2)c1. The normalized spacial score (nSPS) is 12.6. The molecule has 0 saturated heterocycles. The molecule has 2 rings (SSSR count). The van der Waals surface area contributed by atoms with Crippen LogP contribution in [0, 0.1) is 0 Å². The summed E-state index contributed by atoms with van der Waals surface area (Å²) in [5.41, 5.74) is 1.95. The first kappa shape index (κ1) is 15.5. The molecular weight excluding hydrogens is 266 g/mol. The van der Waals surface area contributed by atoms with Crippen LogP contribution < -0.4 is 10.1 Å². The van der Waals surface area contributed by atoms with E-state index in [0.717, 1.165) is 16.9 Å². The molecule has 21 heavy (non-hydrogen) atoms.